The Morgan fingerprint density at radius 3 is 2.00 bits per heavy atom. The van der Waals surface area contributed by atoms with Gasteiger partial charge in [-0.15, -0.1) is 0 Å². The molecule has 0 radical (unpaired) electrons. The quantitative estimate of drug-likeness (QED) is 0.607. The van der Waals surface area contributed by atoms with Gasteiger partial charge in [0.1, 0.15) is 6.54 Å². The molecule has 26 heavy (non-hydrogen) atoms. The average Bonchev–Trinajstić information content (AvgIpc) is 2.61. The van der Waals surface area contributed by atoms with Crippen molar-refractivity contribution < 1.29 is 27.4 Å². The van der Waals surface area contributed by atoms with Crippen LogP contribution in [0.5, 0.6) is 17.2 Å². The third kappa shape index (κ3) is 5.42. The maximum absolute atomic E-state index is 12.4. The van der Waals surface area contributed by atoms with Crippen LogP contribution in [0, 0.1) is 0 Å². The highest BCUT2D eigenvalue weighted by molar-refractivity contribution is 7.92. The van der Waals surface area contributed by atoms with E-state index in [4.69, 9.17) is 14.2 Å². The first-order valence-corrected chi connectivity index (χ1v) is 10.1. The first kappa shape index (κ1) is 21.9. The Labute approximate surface area is 155 Å². The molecule has 1 aromatic carbocycles. The van der Waals surface area contributed by atoms with Crippen LogP contribution in [0.1, 0.15) is 19.8 Å². The van der Waals surface area contributed by atoms with E-state index < -0.39 is 10.0 Å². The number of carbonyl (C=O) groups is 1. The van der Waals surface area contributed by atoms with Gasteiger partial charge in [0.2, 0.25) is 21.7 Å². The third-order valence-electron chi connectivity index (χ3n) is 3.89. The minimum atomic E-state index is -3.70. The molecule has 0 N–H and O–H groups in total. The molecule has 0 heterocycles. The van der Waals surface area contributed by atoms with Gasteiger partial charge in [0.05, 0.1) is 33.3 Å². The van der Waals surface area contributed by atoms with E-state index in [9.17, 15) is 13.2 Å². The first-order chi connectivity index (χ1) is 12.2. The Bertz CT molecular complexity index is 695. The molecule has 8 nitrogen and oxygen atoms in total. The minimum absolute atomic E-state index is 0.263. The lowest BCUT2D eigenvalue weighted by Gasteiger charge is -2.26. The van der Waals surface area contributed by atoms with Gasteiger partial charge in [-0.3, -0.25) is 9.10 Å². The molecule has 0 atom stereocenters. The van der Waals surface area contributed by atoms with Crippen LogP contribution >= 0.6 is 0 Å². The Kier molecular flexibility index (Phi) is 8.01. The van der Waals surface area contributed by atoms with Crippen molar-refractivity contribution >= 4 is 21.6 Å². The summed E-state index contributed by atoms with van der Waals surface area (Å²) in [4.78, 5) is 14.0. The molecule has 148 valence electrons. The lowest BCUT2D eigenvalue weighted by Crippen LogP contribution is -2.41. The fourth-order valence-corrected chi connectivity index (χ4v) is 3.21. The zero-order valence-electron chi connectivity index (χ0n) is 16.2. The van der Waals surface area contributed by atoms with Crippen molar-refractivity contribution in [3.05, 3.63) is 12.1 Å². The maximum atomic E-state index is 12.4. The van der Waals surface area contributed by atoms with Crippen molar-refractivity contribution in [2.75, 3.05) is 52.0 Å². The van der Waals surface area contributed by atoms with E-state index in [-0.39, 0.29) is 18.1 Å². The summed E-state index contributed by atoms with van der Waals surface area (Å²) in [6.07, 6.45) is 2.85. The van der Waals surface area contributed by atoms with Crippen LogP contribution in [0.25, 0.3) is 0 Å². The van der Waals surface area contributed by atoms with Gasteiger partial charge in [0, 0.05) is 25.7 Å². The molecule has 0 spiro atoms. The maximum Gasteiger partial charge on any atom is 0.243 e. The second-order valence-corrected chi connectivity index (χ2v) is 7.73. The number of benzene rings is 1. The molecule has 0 saturated carbocycles. The molecule has 0 saturated heterocycles. The molecular formula is C17H28N2O6S. The van der Waals surface area contributed by atoms with E-state index in [1.807, 2.05) is 6.92 Å². The third-order valence-corrected chi connectivity index (χ3v) is 5.03. The highest BCUT2D eigenvalue weighted by atomic mass is 32.2. The van der Waals surface area contributed by atoms with Crippen molar-refractivity contribution in [1.82, 2.24) is 4.90 Å². The molecular weight excluding hydrogens is 360 g/mol. The Morgan fingerprint density at radius 1 is 1.08 bits per heavy atom. The molecule has 0 aliphatic rings. The zero-order valence-corrected chi connectivity index (χ0v) is 17.1. The van der Waals surface area contributed by atoms with Crippen molar-refractivity contribution in [1.29, 1.82) is 0 Å². The molecule has 1 rings (SSSR count). The van der Waals surface area contributed by atoms with Gasteiger partial charge in [0.15, 0.2) is 11.5 Å². The van der Waals surface area contributed by atoms with Gasteiger partial charge in [0.25, 0.3) is 0 Å². The fraction of sp³-hybridized carbons (Fsp3) is 0.588. The van der Waals surface area contributed by atoms with Gasteiger partial charge in [-0.2, -0.15) is 0 Å². The lowest BCUT2D eigenvalue weighted by molar-refractivity contribution is -0.128. The van der Waals surface area contributed by atoms with E-state index in [1.54, 1.807) is 7.05 Å². The number of amides is 1. The zero-order chi connectivity index (χ0) is 19.9. The van der Waals surface area contributed by atoms with Gasteiger partial charge >= 0.3 is 0 Å². The Hall–Kier alpha value is -2.16. The molecule has 0 aliphatic carbocycles. The van der Waals surface area contributed by atoms with E-state index in [2.05, 4.69) is 0 Å². The Balaban J connectivity index is 3.28. The summed E-state index contributed by atoms with van der Waals surface area (Å²) in [6, 6.07) is 3.00. The summed E-state index contributed by atoms with van der Waals surface area (Å²) < 4.78 is 41.4. The number of ether oxygens (including phenoxy) is 3. The molecule has 1 aromatic rings. The largest absolute Gasteiger partial charge is 0.493 e. The summed E-state index contributed by atoms with van der Waals surface area (Å²) in [5.74, 6) is 0.667. The number of methoxy groups -OCH3 is 3. The SMILES string of the molecule is CCCCN(C)C(=O)CN(c1cc(OC)c(OC)c(OC)c1)S(C)(=O)=O. The number of nitrogens with zero attached hydrogens (tertiary/aromatic N) is 2. The predicted molar refractivity (Wildman–Crippen MR) is 101 cm³/mol. The molecule has 0 unspecified atom stereocenters. The van der Waals surface area contributed by atoms with Crippen LogP contribution in [0.2, 0.25) is 0 Å². The summed E-state index contributed by atoms with van der Waals surface area (Å²) in [6.45, 7) is 2.29. The number of likely N-dealkylation sites (N-methyl/N-ethyl adjacent to an activating group) is 1. The first-order valence-electron chi connectivity index (χ1n) is 8.21. The van der Waals surface area contributed by atoms with Crippen LogP contribution < -0.4 is 18.5 Å². The van der Waals surface area contributed by atoms with Gasteiger partial charge in [-0.25, -0.2) is 8.42 Å². The van der Waals surface area contributed by atoms with Crippen LogP contribution in [0.15, 0.2) is 12.1 Å². The summed E-state index contributed by atoms with van der Waals surface area (Å²) in [5, 5.41) is 0. The monoisotopic (exact) mass is 388 g/mol. The highest BCUT2D eigenvalue weighted by Crippen LogP contribution is 2.41. The van der Waals surface area contributed by atoms with Crippen LogP contribution in [-0.2, 0) is 14.8 Å². The standard InChI is InChI=1S/C17H28N2O6S/c1-7-8-9-18(2)16(20)12-19(26(6,21)22)13-10-14(23-3)17(25-5)15(11-13)24-4/h10-11H,7-9,12H2,1-6H3. The molecule has 0 aliphatic heterocycles. The fourth-order valence-electron chi connectivity index (χ4n) is 2.37. The average molecular weight is 388 g/mol. The predicted octanol–water partition coefficient (Wildman–Crippen LogP) is 1.74. The van der Waals surface area contributed by atoms with Crippen molar-refractivity contribution in [2.24, 2.45) is 0 Å². The molecule has 0 fully saturated rings. The number of unbranched alkanes of at least 4 members (excludes halogenated alkanes) is 1. The topological polar surface area (TPSA) is 85.4 Å². The molecule has 0 bridgehead atoms. The molecule has 0 aromatic heterocycles. The van der Waals surface area contributed by atoms with Gasteiger partial charge in [-0.1, -0.05) is 13.3 Å². The normalized spacial score (nSPS) is 11.0. The van der Waals surface area contributed by atoms with Crippen molar-refractivity contribution in [3.63, 3.8) is 0 Å². The number of rotatable bonds is 10. The summed E-state index contributed by atoms with van der Waals surface area (Å²) in [7, 11) is 2.30. The minimum Gasteiger partial charge on any atom is -0.493 e. The highest BCUT2D eigenvalue weighted by Gasteiger charge is 2.25. The number of hydrogen-bond acceptors (Lipinski definition) is 6. The van der Waals surface area contributed by atoms with E-state index >= 15 is 0 Å². The number of anilines is 1. The lowest BCUT2D eigenvalue weighted by atomic mass is 10.2. The van der Waals surface area contributed by atoms with Crippen molar-refractivity contribution in [2.45, 2.75) is 19.8 Å². The number of carbonyl (C=O) groups excluding carboxylic acids is 1. The van der Waals surface area contributed by atoms with Crippen LogP contribution in [-0.4, -0.2) is 66.9 Å². The van der Waals surface area contributed by atoms with Gasteiger partial charge < -0.3 is 19.1 Å². The molecule has 1 amide bonds. The van der Waals surface area contributed by atoms with E-state index in [0.29, 0.717) is 23.8 Å². The second kappa shape index (κ2) is 9.51. The van der Waals surface area contributed by atoms with E-state index in [1.165, 1.54) is 38.4 Å². The number of sulfonamides is 1. The number of hydrogen-bond donors (Lipinski definition) is 0. The van der Waals surface area contributed by atoms with Crippen LogP contribution in [0.3, 0.4) is 0 Å². The summed E-state index contributed by atoms with van der Waals surface area (Å²) in [5.41, 5.74) is 0.263. The Morgan fingerprint density at radius 2 is 1.62 bits per heavy atom. The van der Waals surface area contributed by atoms with Crippen LogP contribution in [0.4, 0.5) is 5.69 Å². The second-order valence-electron chi connectivity index (χ2n) is 5.82. The smallest absolute Gasteiger partial charge is 0.243 e. The van der Waals surface area contributed by atoms with Crippen molar-refractivity contribution in [3.8, 4) is 17.2 Å². The molecule has 9 heteroatoms. The van der Waals surface area contributed by atoms with E-state index in [0.717, 1.165) is 23.4 Å². The van der Waals surface area contributed by atoms with Gasteiger partial charge in [-0.05, 0) is 6.42 Å². The summed E-state index contributed by atoms with van der Waals surface area (Å²) >= 11 is 0.